The zero-order valence-corrected chi connectivity index (χ0v) is 16.5. The van der Waals surface area contributed by atoms with Crippen molar-refractivity contribution in [1.29, 1.82) is 0 Å². The molecule has 0 saturated heterocycles. The Morgan fingerprint density at radius 1 is 1.07 bits per heavy atom. The van der Waals surface area contributed by atoms with Gasteiger partial charge in [-0.2, -0.15) is 0 Å². The number of nitrogens with one attached hydrogen (secondary N) is 1. The Balaban J connectivity index is 1.41. The van der Waals surface area contributed by atoms with Gasteiger partial charge >= 0.3 is 0 Å². The Morgan fingerprint density at radius 2 is 1.86 bits per heavy atom. The van der Waals surface area contributed by atoms with Gasteiger partial charge in [-0.1, -0.05) is 25.1 Å². The zero-order valence-electron chi connectivity index (χ0n) is 16.5. The highest BCUT2D eigenvalue weighted by atomic mass is 16.3. The Kier molecular flexibility index (Phi) is 5.47. The molecule has 2 heterocycles. The molecule has 148 valence electrons. The topological polar surface area (TPSA) is 62.6 Å². The smallest absolute Gasteiger partial charge is 0.251 e. The summed E-state index contributed by atoms with van der Waals surface area (Å²) in [6.07, 6.45) is 3.70. The summed E-state index contributed by atoms with van der Waals surface area (Å²) in [6.45, 7) is 3.18. The van der Waals surface area contributed by atoms with Crippen LogP contribution in [0.1, 0.15) is 35.0 Å². The highest BCUT2D eigenvalue weighted by Crippen LogP contribution is 2.32. The van der Waals surface area contributed by atoms with Crippen molar-refractivity contribution in [3.8, 4) is 11.1 Å². The van der Waals surface area contributed by atoms with E-state index in [1.165, 1.54) is 5.56 Å². The van der Waals surface area contributed by atoms with Crippen LogP contribution in [0.5, 0.6) is 0 Å². The summed E-state index contributed by atoms with van der Waals surface area (Å²) in [5.74, 6) is 0.932. The van der Waals surface area contributed by atoms with Crippen LogP contribution >= 0.6 is 0 Å². The number of rotatable bonds is 6. The molecule has 2 amide bonds. The van der Waals surface area contributed by atoms with Crippen molar-refractivity contribution in [3.05, 3.63) is 77.7 Å². The van der Waals surface area contributed by atoms with Gasteiger partial charge in [-0.25, -0.2) is 0 Å². The van der Waals surface area contributed by atoms with Gasteiger partial charge in [-0.3, -0.25) is 9.59 Å². The quantitative estimate of drug-likeness (QED) is 0.688. The van der Waals surface area contributed by atoms with E-state index >= 15 is 0 Å². The summed E-state index contributed by atoms with van der Waals surface area (Å²) in [7, 11) is 0. The molecule has 2 aromatic carbocycles. The molecule has 5 heteroatoms. The molecular weight excluding hydrogens is 364 g/mol. The minimum atomic E-state index is -0.0919. The number of carbonyl (C=O) groups excluding carboxylic acids is 2. The molecule has 0 radical (unpaired) electrons. The fraction of sp³-hybridized carbons (Fsp3) is 0.250. The number of benzene rings is 2. The Hall–Kier alpha value is -3.34. The Bertz CT molecular complexity index is 1010. The molecule has 29 heavy (non-hydrogen) atoms. The zero-order chi connectivity index (χ0) is 20.2. The van der Waals surface area contributed by atoms with Crippen LogP contribution in [-0.2, 0) is 17.6 Å². The number of fused-ring (bicyclic) bond motifs is 1. The molecule has 3 aromatic rings. The number of furan rings is 1. The monoisotopic (exact) mass is 388 g/mol. The fourth-order valence-electron chi connectivity index (χ4n) is 3.70. The summed E-state index contributed by atoms with van der Waals surface area (Å²) in [5.41, 5.74) is 5.01. The van der Waals surface area contributed by atoms with E-state index in [0.717, 1.165) is 35.5 Å². The van der Waals surface area contributed by atoms with E-state index in [9.17, 15) is 9.59 Å². The van der Waals surface area contributed by atoms with Crippen molar-refractivity contribution in [2.45, 2.75) is 26.2 Å². The predicted octanol–water partition coefficient (Wildman–Crippen LogP) is 4.22. The molecule has 5 nitrogen and oxygen atoms in total. The number of anilines is 1. The molecule has 0 bridgehead atoms. The van der Waals surface area contributed by atoms with Gasteiger partial charge in [-0.05, 0) is 59.5 Å². The third-order valence-corrected chi connectivity index (χ3v) is 5.30. The molecular formula is C24H24N2O3. The summed E-state index contributed by atoms with van der Waals surface area (Å²) in [6, 6.07) is 17.6. The third-order valence-electron chi connectivity index (χ3n) is 5.30. The molecule has 0 aliphatic carbocycles. The van der Waals surface area contributed by atoms with Gasteiger partial charge in [0.2, 0.25) is 5.91 Å². The second kappa shape index (κ2) is 8.35. The van der Waals surface area contributed by atoms with Gasteiger partial charge in [0.05, 0.1) is 6.26 Å². The van der Waals surface area contributed by atoms with E-state index in [4.69, 9.17) is 4.42 Å². The van der Waals surface area contributed by atoms with Crippen LogP contribution in [0.15, 0.2) is 65.3 Å². The van der Waals surface area contributed by atoms with Gasteiger partial charge in [-0.15, -0.1) is 0 Å². The number of amides is 2. The van der Waals surface area contributed by atoms with Crippen LogP contribution < -0.4 is 10.2 Å². The molecule has 0 spiro atoms. The first-order chi connectivity index (χ1) is 14.2. The Morgan fingerprint density at radius 3 is 2.59 bits per heavy atom. The van der Waals surface area contributed by atoms with E-state index in [-0.39, 0.29) is 11.8 Å². The summed E-state index contributed by atoms with van der Waals surface area (Å²) in [4.78, 5) is 26.3. The van der Waals surface area contributed by atoms with Crippen LogP contribution in [0.25, 0.3) is 11.1 Å². The highest BCUT2D eigenvalue weighted by Gasteiger charge is 2.23. The number of hydrogen-bond donors (Lipinski definition) is 1. The lowest BCUT2D eigenvalue weighted by Crippen LogP contribution is -2.27. The molecule has 1 aliphatic rings. The van der Waals surface area contributed by atoms with E-state index in [2.05, 4.69) is 11.4 Å². The summed E-state index contributed by atoms with van der Waals surface area (Å²) < 4.78 is 5.27. The third kappa shape index (κ3) is 4.09. The van der Waals surface area contributed by atoms with Crippen LogP contribution in [-0.4, -0.2) is 24.9 Å². The molecule has 1 N–H and O–H groups in total. The maximum atomic E-state index is 12.3. The van der Waals surface area contributed by atoms with Crippen LogP contribution in [0.2, 0.25) is 0 Å². The molecule has 1 aromatic heterocycles. The lowest BCUT2D eigenvalue weighted by molar-refractivity contribution is -0.118. The first-order valence-electron chi connectivity index (χ1n) is 10.00. The van der Waals surface area contributed by atoms with E-state index in [0.29, 0.717) is 24.9 Å². The van der Waals surface area contributed by atoms with Crippen molar-refractivity contribution < 1.29 is 14.0 Å². The summed E-state index contributed by atoms with van der Waals surface area (Å²) >= 11 is 0. The van der Waals surface area contributed by atoms with Crippen molar-refractivity contribution in [2.24, 2.45) is 0 Å². The highest BCUT2D eigenvalue weighted by molar-refractivity contribution is 5.96. The average Bonchev–Trinajstić information content (AvgIpc) is 3.42. The van der Waals surface area contributed by atoms with Crippen LogP contribution in [0.4, 0.5) is 5.69 Å². The van der Waals surface area contributed by atoms with Gasteiger partial charge < -0.3 is 14.6 Å². The van der Waals surface area contributed by atoms with Crippen molar-refractivity contribution in [3.63, 3.8) is 0 Å². The molecule has 0 atom stereocenters. The maximum Gasteiger partial charge on any atom is 0.251 e. The van der Waals surface area contributed by atoms with Crippen molar-refractivity contribution in [2.75, 3.05) is 18.0 Å². The van der Waals surface area contributed by atoms with Gasteiger partial charge in [0.1, 0.15) is 5.76 Å². The number of carbonyl (C=O) groups is 2. The molecule has 1 aliphatic heterocycles. The van der Waals surface area contributed by atoms with E-state index in [1.807, 2.05) is 60.4 Å². The molecule has 0 fully saturated rings. The molecule has 0 saturated carbocycles. The molecule has 4 rings (SSSR count). The normalized spacial score (nSPS) is 12.7. The summed E-state index contributed by atoms with van der Waals surface area (Å²) in [5, 5.41) is 2.91. The largest absolute Gasteiger partial charge is 0.469 e. The minimum absolute atomic E-state index is 0.0919. The van der Waals surface area contributed by atoms with Gasteiger partial charge in [0, 0.05) is 37.2 Å². The van der Waals surface area contributed by atoms with E-state index < -0.39 is 0 Å². The average molecular weight is 388 g/mol. The lowest BCUT2D eigenvalue weighted by atomic mass is 10.0. The first kappa shape index (κ1) is 19.0. The van der Waals surface area contributed by atoms with Gasteiger partial charge in [0.25, 0.3) is 5.91 Å². The minimum Gasteiger partial charge on any atom is -0.469 e. The van der Waals surface area contributed by atoms with Crippen LogP contribution in [0.3, 0.4) is 0 Å². The predicted molar refractivity (Wildman–Crippen MR) is 113 cm³/mol. The second-order valence-electron chi connectivity index (χ2n) is 7.16. The Labute approximate surface area is 170 Å². The fourth-order valence-corrected chi connectivity index (χ4v) is 3.70. The lowest BCUT2D eigenvalue weighted by Gasteiger charge is -2.16. The number of hydrogen-bond acceptors (Lipinski definition) is 3. The first-order valence-corrected chi connectivity index (χ1v) is 10.00. The van der Waals surface area contributed by atoms with Crippen molar-refractivity contribution in [1.82, 2.24) is 5.32 Å². The SMILES string of the molecule is CCC(=O)N1CCc2cc(-c3ccc(C(=O)NCCc4ccco4)cc3)ccc21. The van der Waals surface area contributed by atoms with Crippen molar-refractivity contribution >= 4 is 17.5 Å². The number of nitrogens with zero attached hydrogens (tertiary/aromatic N) is 1. The van der Waals surface area contributed by atoms with Crippen LogP contribution in [0, 0.1) is 0 Å². The van der Waals surface area contributed by atoms with Gasteiger partial charge in [0.15, 0.2) is 0 Å². The van der Waals surface area contributed by atoms with E-state index in [1.54, 1.807) is 6.26 Å². The standard InChI is InChI=1S/C24H24N2O3/c1-2-23(27)26-14-12-20-16-19(9-10-22(20)26)17-5-7-18(8-6-17)24(28)25-13-11-21-4-3-15-29-21/h3-10,15-16H,2,11-14H2,1H3,(H,25,28). The maximum absolute atomic E-state index is 12.3. The second-order valence-corrected chi connectivity index (χ2v) is 7.16. The molecule has 0 unspecified atom stereocenters.